The van der Waals surface area contributed by atoms with E-state index in [-0.39, 0.29) is 23.9 Å². The monoisotopic (exact) mass is 765 g/mol. The van der Waals surface area contributed by atoms with Gasteiger partial charge in [-0.3, -0.25) is 9.59 Å². The normalized spacial score (nSPS) is 14.1. The van der Waals surface area contributed by atoms with E-state index in [0.717, 1.165) is 42.4 Å². The first kappa shape index (κ1) is 40.9. The van der Waals surface area contributed by atoms with E-state index in [0.29, 0.717) is 70.8 Å². The minimum Gasteiger partial charge on any atom is -0.457 e. The number of anilines is 1. The van der Waals surface area contributed by atoms with Gasteiger partial charge in [0.25, 0.3) is 11.8 Å². The number of aliphatic hydroxyl groups excluding tert-OH is 1. The number of benzene rings is 4. The Balaban J connectivity index is 0.00000580. The zero-order valence-electron chi connectivity index (χ0n) is 32.0. The molecule has 4 aromatic carbocycles. The zero-order chi connectivity index (χ0) is 38.2. The first-order chi connectivity index (χ1) is 26.2. The average Bonchev–Trinajstić information content (AvgIpc) is 3.58. The summed E-state index contributed by atoms with van der Waals surface area (Å²) < 4.78 is 24.3. The van der Waals surface area contributed by atoms with Crippen molar-refractivity contribution in [2.45, 2.75) is 77.3 Å². The summed E-state index contributed by atoms with van der Waals surface area (Å²) in [7, 11) is -1.67. The minimum atomic E-state index is -1.67. The van der Waals surface area contributed by atoms with Crippen LogP contribution in [-0.4, -0.2) is 71.9 Å². The molecule has 0 fully saturated rings. The lowest BCUT2D eigenvalue weighted by Crippen LogP contribution is -2.46. The molecule has 0 bridgehead atoms. The van der Waals surface area contributed by atoms with E-state index >= 15 is 0 Å². The Hall–Kier alpha value is -5.30. The van der Waals surface area contributed by atoms with Crippen LogP contribution in [0.4, 0.5) is 5.69 Å². The second kappa shape index (κ2) is 18.8. The lowest BCUT2D eigenvalue weighted by Gasteiger charge is -2.36. The minimum absolute atomic E-state index is 0. The highest BCUT2D eigenvalue weighted by Gasteiger charge is 2.32. The molecule has 2 amide bonds. The van der Waals surface area contributed by atoms with Crippen molar-refractivity contribution in [1.82, 2.24) is 19.6 Å². The summed E-state index contributed by atoms with van der Waals surface area (Å²) in [4.78, 5) is 32.5. The SMILES string of the molecule is CCCCN(CCCC)C(=O)c1cc(C)n(-c2ccc(NS(=O)c3ccc(Oc4ccc(C)cc4)cc3)cc2C(=O)N2Cc3ccccc3C[C@H]2CO)n1.O. The van der Waals surface area contributed by atoms with E-state index in [9.17, 15) is 18.9 Å². The van der Waals surface area contributed by atoms with Gasteiger partial charge in [0.2, 0.25) is 0 Å². The number of amides is 2. The number of nitrogens with one attached hydrogen (secondary N) is 1. The Morgan fingerprint density at radius 2 is 1.53 bits per heavy atom. The number of nitrogens with zero attached hydrogens (tertiary/aromatic N) is 4. The fourth-order valence-electron chi connectivity index (χ4n) is 6.64. The van der Waals surface area contributed by atoms with E-state index in [2.05, 4.69) is 18.6 Å². The van der Waals surface area contributed by atoms with Gasteiger partial charge in [0.05, 0.1) is 28.8 Å². The van der Waals surface area contributed by atoms with Gasteiger partial charge < -0.3 is 29.8 Å². The van der Waals surface area contributed by atoms with E-state index in [4.69, 9.17) is 9.84 Å². The second-order valence-electron chi connectivity index (χ2n) is 13.8. The number of aromatic nitrogens is 2. The van der Waals surface area contributed by atoms with Gasteiger partial charge in [0.15, 0.2) is 5.69 Å². The third-order valence-electron chi connectivity index (χ3n) is 9.74. The summed E-state index contributed by atoms with van der Waals surface area (Å²) in [6.07, 6.45) is 4.28. The van der Waals surface area contributed by atoms with Crippen LogP contribution < -0.4 is 9.46 Å². The van der Waals surface area contributed by atoms with Crippen LogP contribution in [0.3, 0.4) is 0 Å². The molecule has 0 aliphatic carbocycles. The molecule has 290 valence electrons. The Morgan fingerprint density at radius 1 is 0.891 bits per heavy atom. The van der Waals surface area contributed by atoms with Crippen molar-refractivity contribution >= 4 is 28.5 Å². The standard InChI is InChI=1S/C43H49N5O5S.H2O/c1-5-7-23-46(24-8-6-2)43(51)40-25-31(4)48(44-40)41-22-15-34(27-39(41)42(50)47-28-33-12-10-9-11-32(33)26-35(47)29-49)45-54(52)38-20-18-37(19-21-38)53-36-16-13-30(3)14-17-36;/h9-22,25,27,35,45,49H,5-8,23-24,26,28-29H2,1-4H3;1H2/t35-,54?;/m0./s1. The highest BCUT2D eigenvalue weighted by molar-refractivity contribution is 7.86. The van der Waals surface area contributed by atoms with E-state index in [1.54, 1.807) is 58.1 Å². The maximum atomic E-state index is 14.7. The molecule has 0 saturated carbocycles. The maximum Gasteiger partial charge on any atom is 0.274 e. The van der Waals surface area contributed by atoms with Gasteiger partial charge in [-0.15, -0.1) is 0 Å². The quantitative estimate of drug-likeness (QED) is 0.115. The highest BCUT2D eigenvalue weighted by Crippen LogP contribution is 2.30. The van der Waals surface area contributed by atoms with E-state index in [1.807, 2.05) is 67.3 Å². The number of aliphatic hydroxyl groups is 1. The molecule has 0 spiro atoms. The molecular formula is C43H51N5O6S. The van der Waals surface area contributed by atoms with Gasteiger partial charge in [-0.25, -0.2) is 8.89 Å². The summed E-state index contributed by atoms with van der Waals surface area (Å²) in [5.74, 6) is 0.883. The average molecular weight is 766 g/mol. The highest BCUT2D eigenvalue weighted by atomic mass is 32.2. The Bertz CT molecular complexity index is 2090. The summed E-state index contributed by atoms with van der Waals surface area (Å²) in [6.45, 7) is 9.52. The third kappa shape index (κ3) is 9.69. The number of unbranched alkanes of at least 4 members (excludes halogenated alkanes) is 2. The van der Waals surface area contributed by atoms with Crippen LogP contribution in [-0.2, 0) is 24.0 Å². The summed E-state index contributed by atoms with van der Waals surface area (Å²) in [6, 6.07) is 29.2. The van der Waals surface area contributed by atoms with Crippen molar-refractivity contribution in [3.8, 4) is 17.2 Å². The lowest BCUT2D eigenvalue weighted by molar-refractivity contribution is 0.0544. The van der Waals surface area contributed by atoms with Crippen molar-refractivity contribution in [3.05, 3.63) is 131 Å². The predicted octanol–water partition coefficient (Wildman–Crippen LogP) is 7.19. The molecule has 6 rings (SSSR count). The molecule has 2 heterocycles. The zero-order valence-corrected chi connectivity index (χ0v) is 32.8. The Morgan fingerprint density at radius 3 is 2.16 bits per heavy atom. The predicted molar refractivity (Wildman–Crippen MR) is 216 cm³/mol. The molecule has 55 heavy (non-hydrogen) atoms. The molecule has 5 aromatic rings. The fraction of sp³-hybridized carbons (Fsp3) is 0.326. The lowest BCUT2D eigenvalue weighted by atomic mass is 9.93. The maximum absolute atomic E-state index is 14.7. The number of hydrogen-bond donors (Lipinski definition) is 2. The number of hydrogen-bond acceptors (Lipinski definition) is 6. The van der Waals surface area contributed by atoms with Gasteiger partial charge in [-0.05, 0) is 105 Å². The molecule has 1 aliphatic heterocycles. The van der Waals surface area contributed by atoms with Gasteiger partial charge in [-0.1, -0.05) is 68.7 Å². The van der Waals surface area contributed by atoms with Crippen LogP contribution in [0.15, 0.2) is 102 Å². The number of ether oxygens (including phenoxy) is 1. The van der Waals surface area contributed by atoms with Crippen LogP contribution in [0.25, 0.3) is 5.69 Å². The van der Waals surface area contributed by atoms with Gasteiger partial charge in [0, 0.05) is 31.0 Å². The molecule has 12 heteroatoms. The molecule has 2 atom stereocenters. The second-order valence-corrected chi connectivity index (χ2v) is 15.0. The van der Waals surface area contributed by atoms with E-state index < -0.39 is 17.0 Å². The Labute approximate surface area is 325 Å². The van der Waals surface area contributed by atoms with Crippen LogP contribution in [0.5, 0.6) is 11.5 Å². The summed E-state index contributed by atoms with van der Waals surface area (Å²) >= 11 is 0. The van der Waals surface area contributed by atoms with Gasteiger partial charge in [-0.2, -0.15) is 5.10 Å². The number of fused-ring (bicyclic) bond motifs is 1. The fourth-order valence-corrected chi connectivity index (χ4v) is 7.48. The number of carbonyl (C=O) groups excluding carboxylic acids is 2. The summed E-state index contributed by atoms with van der Waals surface area (Å²) in [5, 5.41) is 15.2. The number of rotatable bonds is 15. The molecule has 1 aliphatic rings. The number of carbonyl (C=O) groups is 2. The van der Waals surface area contributed by atoms with Crippen LogP contribution in [0.1, 0.15) is 82.8 Å². The van der Waals surface area contributed by atoms with Gasteiger partial charge >= 0.3 is 0 Å². The summed E-state index contributed by atoms with van der Waals surface area (Å²) in [5.41, 5.74) is 5.51. The molecule has 1 unspecified atom stereocenters. The van der Waals surface area contributed by atoms with Crippen molar-refractivity contribution in [2.75, 3.05) is 24.4 Å². The first-order valence-corrected chi connectivity index (χ1v) is 19.9. The van der Waals surface area contributed by atoms with Crippen molar-refractivity contribution in [2.24, 2.45) is 0 Å². The smallest absolute Gasteiger partial charge is 0.274 e. The largest absolute Gasteiger partial charge is 0.457 e. The van der Waals surface area contributed by atoms with Crippen LogP contribution in [0.2, 0.25) is 0 Å². The van der Waals surface area contributed by atoms with Crippen molar-refractivity contribution in [1.29, 1.82) is 0 Å². The van der Waals surface area contributed by atoms with E-state index in [1.165, 1.54) is 0 Å². The third-order valence-corrected chi connectivity index (χ3v) is 10.9. The van der Waals surface area contributed by atoms with Crippen molar-refractivity contribution in [3.63, 3.8) is 0 Å². The molecule has 0 saturated heterocycles. The van der Waals surface area contributed by atoms with Crippen LogP contribution in [0, 0.1) is 13.8 Å². The molecule has 0 radical (unpaired) electrons. The first-order valence-electron chi connectivity index (χ1n) is 18.7. The number of aryl methyl sites for hydroxylation is 2. The van der Waals surface area contributed by atoms with Crippen LogP contribution >= 0.6 is 0 Å². The molecular weight excluding hydrogens is 715 g/mol. The molecule has 11 nitrogen and oxygen atoms in total. The Kier molecular flexibility index (Phi) is 14.0. The molecule has 4 N–H and O–H groups in total. The molecule has 1 aromatic heterocycles. The topological polar surface area (TPSA) is 148 Å². The van der Waals surface area contributed by atoms with Gasteiger partial charge in [0.1, 0.15) is 22.5 Å². The van der Waals surface area contributed by atoms with Crippen molar-refractivity contribution < 1.29 is 29.1 Å².